The molecular weight excluding hydrogens is 192 g/mol. The highest BCUT2D eigenvalue weighted by molar-refractivity contribution is 5.68. The molecule has 0 amide bonds. The van der Waals surface area contributed by atoms with Crippen LogP contribution in [0, 0.1) is 12.8 Å². The summed E-state index contributed by atoms with van der Waals surface area (Å²) in [5.74, 6) is 0.789. The maximum Gasteiger partial charge on any atom is 0.304 e. The van der Waals surface area contributed by atoms with Crippen LogP contribution in [-0.2, 0) is 4.79 Å². The van der Waals surface area contributed by atoms with Crippen LogP contribution >= 0.6 is 0 Å². The summed E-state index contributed by atoms with van der Waals surface area (Å²) in [6.45, 7) is 1.89. The molecule has 1 aromatic heterocycles. The highest BCUT2D eigenvalue weighted by Crippen LogP contribution is 2.40. The Kier molecular flexibility index (Phi) is 2.75. The molecule has 0 aliphatic heterocycles. The molecule has 0 aromatic carbocycles. The maximum absolute atomic E-state index is 10.8. The van der Waals surface area contributed by atoms with Crippen molar-refractivity contribution in [2.24, 2.45) is 5.92 Å². The number of rotatable bonds is 4. The van der Waals surface area contributed by atoms with Gasteiger partial charge in [0.1, 0.15) is 5.82 Å². The third-order valence-corrected chi connectivity index (χ3v) is 3.24. The van der Waals surface area contributed by atoms with Gasteiger partial charge in [-0.25, -0.2) is 4.98 Å². The number of aliphatic carboxylic acids is 1. The number of aromatic amines is 1. The zero-order valence-electron chi connectivity index (χ0n) is 8.86. The van der Waals surface area contributed by atoms with Crippen LogP contribution in [0.15, 0.2) is 6.20 Å². The molecular formula is C11H16N2O2. The summed E-state index contributed by atoms with van der Waals surface area (Å²) in [5.41, 5.74) is 0.986. The van der Waals surface area contributed by atoms with Crippen molar-refractivity contribution in [2.45, 2.75) is 38.5 Å². The second-order valence-corrected chi connectivity index (χ2v) is 4.32. The summed E-state index contributed by atoms with van der Waals surface area (Å²) in [6.07, 6.45) is 5.52. The van der Waals surface area contributed by atoms with Crippen molar-refractivity contribution >= 4 is 5.97 Å². The molecule has 0 radical (unpaired) electrons. The Bertz CT molecular complexity index is 355. The Balaban J connectivity index is 2.13. The van der Waals surface area contributed by atoms with Crippen molar-refractivity contribution < 1.29 is 9.90 Å². The van der Waals surface area contributed by atoms with E-state index in [9.17, 15) is 4.79 Å². The first kappa shape index (κ1) is 10.2. The third kappa shape index (κ3) is 2.19. The minimum absolute atomic E-state index is 0.123. The standard InChI is InChI=1S/C11H16N2O2/c1-7-12-6-10(13-7)9(5-11(14)15)8-3-2-4-8/h6,8-9H,2-5H2,1H3,(H,12,13)(H,14,15). The molecule has 4 nitrogen and oxygen atoms in total. The van der Waals surface area contributed by atoms with Gasteiger partial charge in [0.05, 0.1) is 6.42 Å². The van der Waals surface area contributed by atoms with Gasteiger partial charge in [0.25, 0.3) is 0 Å². The van der Waals surface area contributed by atoms with E-state index >= 15 is 0 Å². The number of aryl methyl sites for hydroxylation is 1. The zero-order chi connectivity index (χ0) is 10.8. The van der Waals surface area contributed by atoms with Crippen molar-refractivity contribution in [1.29, 1.82) is 0 Å². The lowest BCUT2D eigenvalue weighted by molar-refractivity contribution is -0.138. The molecule has 1 atom stereocenters. The number of carboxylic acid groups (broad SMARTS) is 1. The molecule has 1 unspecified atom stereocenters. The summed E-state index contributed by atoms with van der Waals surface area (Å²) in [7, 11) is 0. The van der Waals surface area contributed by atoms with Crippen molar-refractivity contribution in [3.8, 4) is 0 Å². The second kappa shape index (κ2) is 4.04. The molecule has 1 fully saturated rings. The predicted octanol–water partition coefficient (Wildman–Crippen LogP) is 2.08. The summed E-state index contributed by atoms with van der Waals surface area (Å²) >= 11 is 0. The van der Waals surface area contributed by atoms with Crippen molar-refractivity contribution in [3.05, 3.63) is 17.7 Å². The molecule has 4 heteroatoms. The van der Waals surface area contributed by atoms with Crippen molar-refractivity contribution in [2.75, 3.05) is 0 Å². The van der Waals surface area contributed by atoms with Gasteiger partial charge in [0, 0.05) is 17.8 Å². The zero-order valence-corrected chi connectivity index (χ0v) is 8.86. The lowest BCUT2D eigenvalue weighted by Crippen LogP contribution is -2.23. The number of hydrogen-bond donors (Lipinski definition) is 2. The molecule has 0 bridgehead atoms. The van der Waals surface area contributed by atoms with Crippen LogP contribution in [0.3, 0.4) is 0 Å². The Labute approximate surface area is 88.7 Å². The number of nitrogens with zero attached hydrogens (tertiary/aromatic N) is 1. The normalized spacial score (nSPS) is 18.5. The van der Waals surface area contributed by atoms with Gasteiger partial charge in [0.15, 0.2) is 0 Å². The molecule has 2 N–H and O–H groups in total. The van der Waals surface area contributed by atoms with E-state index in [0.29, 0.717) is 5.92 Å². The van der Waals surface area contributed by atoms with Gasteiger partial charge < -0.3 is 10.1 Å². The average molecular weight is 208 g/mol. The average Bonchev–Trinajstić information content (AvgIpc) is 2.46. The first-order valence-electron chi connectivity index (χ1n) is 5.40. The van der Waals surface area contributed by atoms with E-state index in [1.807, 2.05) is 6.92 Å². The van der Waals surface area contributed by atoms with E-state index in [0.717, 1.165) is 24.4 Å². The third-order valence-electron chi connectivity index (χ3n) is 3.24. The SMILES string of the molecule is Cc1ncc(C(CC(=O)O)C2CCC2)[nH]1. The minimum atomic E-state index is -0.723. The van der Waals surface area contributed by atoms with Crippen LogP contribution in [0.1, 0.15) is 43.1 Å². The van der Waals surface area contributed by atoms with Crippen LogP contribution in [0.5, 0.6) is 0 Å². The van der Waals surface area contributed by atoms with E-state index in [1.54, 1.807) is 6.20 Å². The highest BCUT2D eigenvalue weighted by atomic mass is 16.4. The predicted molar refractivity (Wildman–Crippen MR) is 55.7 cm³/mol. The molecule has 1 aliphatic carbocycles. The molecule has 0 spiro atoms. The fourth-order valence-corrected chi connectivity index (χ4v) is 2.19. The lowest BCUT2D eigenvalue weighted by Gasteiger charge is -2.32. The van der Waals surface area contributed by atoms with E-state index in [2.05, 4.69) is 9.97 Å². The van der Waals surface area contributed by atoms with Crippen LogP contribution in [0.4, 0.5) is 0 Å². The van der Waals surface area contributed by atoms with E-state index < -0.39 is 5.97 Å². The van der Waals surface area contributed by atoms with Gasteiger partial charge in [-0.1, -0.05) is 6.42 Å². The van der Waals surface area contributed by atoms with Gasteiger partial charge in [-0.15, -0.1) is 0 Å². The number of aromatic nitrogens is 2. The van der Waals surface area contributed by atoms with Gasteiger partial charge in [-0.2, -0.15) is 0 Å². The Morgan fingerprint density at radius 2 is 2.47 bits per heavy atom. The number of carboxylic acids is 1. The first-order valence-corrected chi connectivity index (χ1v) is 5.40. The highest BCUT2D eigenvalue weighted by Gasteiger charge is 2.31. The smallest absolute Gasteiger partial charge is 0.304 e. The summed E-state index contributed by atoms with van der Waals surface area (Å²) < 4.78 is 0. The van der Waals surface area contributed by atoms with Gasteiger partial charge in [-0.3, -0.25) is 4.79 Å². The van der Waals surface area contributed by atoms with Crippen LogP contribution < -0.4 is 0 Å². The van der Waals surface area contributed by atoms with Gasteiger partial charge in [0.2, 0.25) is 0 Å². The molecule has 1 aromatic rings. The molecule has 1 aliphatic rings. The second-order valence-electron chi connectivity index (χ2n) is 4.32. The topological polar surface area (TPSA) is 66.0 Å². The van der Waals surface area contributed by atoms with Crippen LogP contribution in [0.25, 0.3) is 0 Å². The maximum atomic E-state index is 10.8. The molecule has 82 valence electrons. The quantitative estimate of drug-likeness (QED) is 0.796. The van der Waals surface area contributed by atoms with E-state index in [1.165, 1.54) is 6.42 Å². The van der Waals surface area contributed by atoms with Gasteiger partial charge >= 0.3 is 5.97 Å². The van der Waals surface area contributed by atoms with Crippen molar-refractivity contribution in [3.63, 3.8) is 0 Å². The van der Waals surface area contributed by atoms with E-state index in [-0.39, 0.29) is 12.3 Å². The van der Waals surface area contributed by atoms with E-state index in [4.69, 9.17) is 5.11 Å². The molecule has 1 saturated carbocycles. The number of imidazole rings is 1. The minimum Gasteiger partial charge on any atom is -0.481 e. The molecule has 0 saturated heterocycles. The number of hydrogen-bond acceptors (Lipinski definition) is 2. The molecule has 1 heterocycles. The fourth-order valence-electron chi connectivity index (χ4n) is 2.19. The summed E-state index contributed by atoms with van der Waals surface area (Å²) in [4.78, 5) is 18.1. The first-order chi connectivity index (χ1) is 7.16. The monoisotopic (exact) mass is 208 g/mol. The van der Waals surface area contributed by atoms with Crippen LogP contribution in [0.2, 0.25) is 0 Å². The Morgan fingerprint density at radius 1 is 1.73 bits per heavy atom. The fraction of sp³-hybridized carbons (Fsp3) is 0.636. The molecule has 15 heavy (non-hydrogen) atoms. The lowest BCUT2D eigenvalue weighted by atomic mass is 9.73. The van der Waals surface area contributed by atoms with Crippen molar-refractivity contribution in [1.82, 2.24) is 9.97 Å². The van der Waals surface area contributed by atoms with Gasteiger partial charge in [-0.05, 0) is 25.7 Å². The number of nitrogens with one attached hydrogen (secondary N) is 1. The van der Waals surface area contributed by atoms with Crippen LogP contribution in [-0.4, -0.2) is 21.0 Å². The summed E-state index contributed by atoms with van der Waals surface area (Å²) in [5, 5.41) is 8.89. The Morgan fingerprint density at radius 3 is 2.87 bits per heavy atom. The Hall–Kier alpha value is -1.32. The molecule has 2 rings (SSSR count). The largest absolute Gasteiger partial charge is 0.481 e. The number of H-pyrrole nitrogens is 1. The summed E-state index contributed by atoms with van der Waals surface area (Å²) in [6, 6.07) is 0. The number of carbonyl (C=O) groups is 1.